The van der Waals surface area contributed by atoms with Crippen LogP contribution in [0.4, 0.5) is 0 Å². The number of aliphatic hydroxyl groups excluding tert-OH is 1. The van der Waals surface area contributed by atoms with E-state index in [0.717, 1.165) is 17.8 Å². The number of aliphatic hydroxyl groups is 1. The highest BCUT2D eigenvalue weighted by Gasteiger charge is 2.13. The van der Waals surface area contributed by atoms with Gasteiger partial charge in [0.1, 0.15) is 0 Å². The van der Waals surface area contributed by atoms with Crippen LogP contribution in [0.15, 0.2) is 6.20 Å². The third kappa shape index (κ3) is 3.08. The number of thiazole rings is 1. The molecule has 0 aliphatic carbocycles. The van der Waals surface area contributed by atoms with Gasteiger partial charge in [-0.25, -0.2) is 4.98 Å². The van der Waals surface area contributed by atoms with E-state index in [1.54, 1.807) is 11.3 Å². The van der Waals surface area contributed by atoms with E-state index in [2.05, 4.69) is 11.9 Å². The van der Waals surface area contributed by atoms with Gasteiger partial charge in [0.2, 0.25) is 0 Å². The number of hydrogen-bond acceptors (Lipinski definition) is 3. The Kier molecular flexibility index (Phi) is 3.88. The topological polar surface area (TPSA) is 33.1 Å². The molecule has 0 spiro atoms. The van der Waals surface area contributed by atoms with Gasteiger partial charge in [-0.05, 0) is 25.7 Å². The first kappa shape index (κ1) is 10.7. The Morgan fingerprint density at radius 3 is 2.77 bits per heavy atom. The van der Waals surface area contributed by atoms with E-state index in [1.165, 1.54) is 4.88 Å². The van der Waals surface area contributed by atoms with E-state index in [0.29, 0.717) is 5.92 Å². The zero-order valence-corrected chi connectivity index (χ0v) is 9.27. The quantitative estimate of drug-likeness (QED) is 0.807. The van der Waals surface area contributed by atoms with E-state index in [-0.39, 0.29) is 6.10 Å². The highest BCUT2D eigenvalue weighted by molar-refractivity contribution is 7.11. The largest absolute Gasteiger partial charge is 0.393 e. The second-order valence-corrected chi connectivity index (χ2v) is 4.82. The van der Waals surface area contributed by atoms with Crippen LogP contribution >= 0.6 is 11.3 Å². The maximum absolute atomic E-state index is 9.58. The Labute approximate surface area is 83.6 Å². The van der Waals surface area contributed by atoms with Crippen LogP contribution in [0.2, 0.25) is 0 Å². The molecule has 1 N–H and O–H groups in total. The highest BCUT2D eigenvalue weighted by Crippen LogP contribution is 2.19. The fourth-order valence-electron chi connectivity index (χ4n) is 1.36. The van der Waals surface area contributed by atoms with E-state index in [9.17, 15) is 5.11 Å². The second-order valence-electron chi connectivity index (χ2n) is 3.50. The molecular formula is C10H17NOS. The maximum atomic E-state index is 9.58. The van der Waals surface area contributed by atoms with E-state index in [4.69, 9.17) is 0 Å². The molecule has 0 saturated carbocycles. The summed E-state index contributed by atoms with van der Waals surface area (Å²) in [5.74, 6) is 0.338. The lowest BCUT2D eigenvalue weighted by Gasteiger charge is -2.15. The van der Waals surface area contributed by atoms with Gasteiger partial charge in [0.15, 0.2) is 0 Å². The van der Waals surface area contributed by atoms with Gasteiger partial charge in [-0.3, -0.25) is 0 Å². The fourth-order valence-corrected chi connectivity index (χ4v) is 2.29. The third-order valence-electron chi connectivity index (χ3n) is 2.27. The van der Waals surface area contributed by atoms with Crippen LogP contribution in [0.1, 0.15) is 30.2 Å². The molecule has 13 heavy (non-hydrogen) atoms. The van der Waals surface area contributed by atoms with Crippen LogP contribution in [0.25, 0.3) is 0 Å². The summed E-state index contributed by atoms with van der Waals surface area (Å²) < 4.78 is 0. The average Bonchev–Trinajstić information content (AvgIpc) is 2.49. The Bertz CT molecular complexity index is 259. The van der Waals surface area contributed by atoms with Crippen LogP contribution in [0.3, 0.4) is 0 Å². The van der Waals surface area contributed by atoms with Gasteiger partial charge in [-0.15, -0.1) is 11.3 Å². The van der Waals surface area contributed by atoms with Gasteiger partial charge < -0.3 is 5.11 Å². The minimum Gasteiger partial charge on any atom is -0.393 e. The number of aryl methyl sites for hydroxylation is 1. The molecule has 1 aromatic heterocycles. The van der Waals surface area contributed by atoms with Crippen LogP contribution in [0, 0.1) is 12.8 Å². The SMILES string of the molecule is CCC(O)C(C)Cc1cnc(C)s1. The van der Waals surface area contributed by atoms with Gasteiger partial charge in [-0.1, -0.05) is 13.8 Å². The summed E-state index contributed by atoms with van der Waals surface area (Å²) in [6.07, 6.45) is 3.51. The van der Waals surface area contributed by atoms with Crippen molar-refractivity contribution in [3.8, 4) is 0 Å². The van der Waals surface area contributed by atoms with Crippen molar-refractivity contribution in [3.63, 3.8) is 0 Å². The first-order chi connectivity index (χ1) is 6.13. The zero-order chi connectivity index (χ0) is 9.84. The van der Waals surface area contributed by atoms with Crippen LogP contribution in [-0.2, 0) is 6.42 Å². The Hall–Kier alpha value is -0.410. The van der Waals surface area contributed by atoms with Gasteiger partial charge in [-0.2, -0.15) is 0 Å². The molecule has 1 rings (SSSR count). The summed E-state index contributed by atoms with van der Waals surface area (Å²) in [7, 11) is 0. The van der Waals surface area contributed by atoms with E-state index in [1.807, 2.05) is 20.0 Å². The van der Waals surface area contributed by atoms with Crippen molar-refractivity contribution in [3.05, 3.63) is 16.1 Å². The molecule has 0 fully saturated rings. The first-order valence-electron chi connectivity index (χ1n) is 4.72. The van der Waals surface area contributed by atoms with Crippen molar-refractivity contribution in [2.75, 3.05) is 0 Å². The van der Waals surface area contributed by atoms with E-state index < -0.39 is 0 Å². The van der Waals surface area contributed by atoms with Crippen LogP contribution in [-0.4, -0.2) is 16.2 Å². The molecule has 0 aliphatic heterocycles. The van der Waals surface area contributed by atoms with Gasteiger partial charge in [0, 0.05) is 11.1 Å². The van der Waals surface area contributed by atoms with Crippen molar-refractivity contribution in [2.24, 2.45) is 5.92 Å². The summed E-state index contributed by atoms with van der Waals surface area (Å²) in [5.41, 5.74) is 0. The molecule has 1 heterocycles. The molecule has 74 valence electrons. The zero-order valence-electron chi connectivity index (χ0n) is 8.45. The molecule has 2 nitrogen and oxygen atoms in total. The average molecular weight is 199 g/mol. The molecule has 2 unspecified atom stereocenters. The first-order valence-corrected chi connectivity index (χ1v) is 5.54. The number of hydrogen-bond donors (Lipinski definition) is 1. The molecule has 0 saturated heterocycles. The van der Waals surface area contributed by atoms with E-state index >= 15 is 0 Å². The summed E-state index contributed by atoms with van der Waals surface area (Å²) in [6, 6.07) is 0. The summed E-state index contributed by atoms with van der Waals surface area (Å²) in [4.78, 5) is 5.47. The number of nitrogens with zero attached hydrogens (tertiary/aromatic N) is 1. The highest BCUT2D eigenvalue weighted by atomic mass is 32.1. The van der Waals surface area contributed by atoms with Crippen molar-refractivity contribution in [1.82, 2.24) is 4.98 Å². The maximum Gasteiger partial charge on any atom is 0.0896 e. The Morgan fingerprint density at radius 1 is 1.62 bits per heavy atom. The Morgan fingerprint density at radius 2 is 2.31 bits per heavy atom. The monoisotopic (exact) mass is 199 g/mol. The van der Waals surface area contributed by atoms with Gasteiger partial charge >= 0.3 is 0 Å². The van der Waals surface area contributed by atoms with Crippen molar-refractivity contribution >= 4 is 11.3 Å². The minimum absolute atomic E-state index is 0.178. The molecule has 0 bridgehead atoms. The molecule has 0 radical (unpaired) electrons. The second kappa shape index (κ2) is 4.72. The third-order valence-corrected chi connectivity index (χ3v) is 3.20. The Balaban J connectivity index is 2.49. The lowest BCUT2D eigenvalue weighted by molar-refractivity contribution is 0.113. The lowest BCUT2D eigenvalue weighted by atomic mass is 9.99. The van der Waals surface area contributed by atoms with Crippen molar-refractivity contribution in [2.45, 2.75) is 39.7 Å². The fraction of sp³-hybridized carbons (Fsp3) is 0.700. The van der Waals surface area contributed by atoms with Gasteiger partial charge in [0.25, 0.3) is 0 Å². The predicted molar refractivity (Wildman–Crippen MR) is 56.0 cm³/mol. The lowest BCUT2D eigenvalue weighted by Crippen LogP contribution is -2.17. The minimum atomic E-state index is -0.178. The normalized spacial score (nSPS) is 15.7. The predicted octanol–water partition coefficient (Wildman–Crippen LogP) is 2.40. The molecule has 1 aromatic rings. The number of aromatic nitrogens is 1. The summed E-state index contributed by atoms with van der Waals surface area (Å²) >= 11 is 1.72. The molecular weight excluding hydrogens is 182 g/mol. The molecule has 0 amide bonds. The van der Waals surface area contributed by atoms with Gasteiger partial charge in [0.05, 0.1) is 11.1 Å². The number of rotatable bonds is 4. The van der Waals surface area contributed by atoms with Crippen LogP contribution in [0.5, 0.6) is 0 Å². The summed E-state index contributed by atoms with van der Waals surface area (Å²) in [6.45, 7) is 6.11. The molecule has 2 atom stereocenters. The molecule has 3 heteroatoms. The van der Waals surface area contributed by atoms with Crippen molar-refractivity contribution < 1.29 is 5.11 Å². The molecule has 0 aliphatic rings. The summed E-state index contributed by atoms with van der Waals surface area (Å²) in [5, 5.41) is 10.7. The standard InChI is InChI=1S/C10H17NOS/c1-4-10(12)7(2)5-9-6-11-8(3)13-9/h6-7,10,12H,4-5H2,1-3H3. The van der Waals surface area contributed by atoms with Crippen LogP contribution < -0.4 is 0 Å². The smallest absolute Gasteiger partial charge is 0.0896 e. The molecule has 0 aromatic carbocycles. The van der Waals surface area contributed by atoms with Crippen molar-refractivity contribution in [1.29, 1.82) is 0 Å².